The van der Waals surface area contributed by atoms with Crippen LogP contribution in [0.5, 0.6) is 0 Å². The Kier molecular flexibility index (Phi) is 5.54. The van der Waals surface area contributed by atoms with Gasteiger partial charge in [-0.3, -0.25) is 4.79 Å². The molecule has 0 saturated carbocycles. The molecule has 0 N–H and O–H groups in total. The first-order chi connectivity index (χ1) is 12.1. The van der Waals surface area contributed by atoms with Crippen LogP contribution in [0, 0.1) is 17.1 Å². The van der Waals surface area contributed by atoms with Crippen LogP contribution in [-0.4, -0.2) is 49.2 Å². The maximum Gasteiger partial charge on any atom is 0.222 e. The second kappa shape index (κ2) is 7.83. The summed E-state index contributed by atoms with van der Waals surface area (Å²) in [6.07, 6.45) is 3.94. The number of benzene rings is 1. The Morgan fingerprint density at radius 3 is 2.72 bits per heavy atom. The van der Waals surface area contributed by atoms with Gasteiger partial charge in [-0.1, -0.05) is 6.07 Å². The molecular weight excluding hydrogens is 321 g/mol. The average molecular weight is 345 g/mol. The Balaban J connectivity index is 1.51. The van der Waals surface area contributed by atoms with Crippen LogP contribution in [0.4, 0.5) is 10.1 Å². The quantitative estimate of drug-likeness (QED) is 0.842. The highest BCUT2D eigenvalue weighted by molar-refractivity contribution is 5.76. The molecule has 2 fully saturated rings. The summed E-state index contributed by atoms with van der Waals surface area (Å²) >= 11 is 0. The second-order valence-corrected chi connectivity index (χ2v) is 6.80. The number of hydrogen-bond donors (Lipinski definition) is 0. The smallest absolute Gasteiger partial charge is 0.222 e. The molecule has 2 aliphatic heterocycles. The molecule has 0 radical (unpaired) electrons. The van der Waals surface area contributed by atoms with E-state index in [1.807, 2.05) is 15.9 Å². The van der Waals surface area contributed by atoms with Crippen molar-refractivity contribution in [2.24, 2.45) is 0 Å². The van der Waals surface area contributed by atoms with Crippen molar-refractivity contribution in [2.45, 2.75) is 44.8 Å². The van der Waals surface area contributed by atoms with Gasteiger partial charge in [0.25, 0.3) is 0 Å². The maximum atomic E-state index is 13.8. The Morgan fingerprint density at radius 1 is 1.32 bits per heavy atom. The van der Waals surface area contributed by atoms with Gasteiger partial charge in [-0.15, -0.1) is 0 Å². The summed E-state index contributed by atoms with van der Waals surface area (Å²) < 4.78 is 19.5. The van der Waals surface area contributed by atoms with Gasteiger partial charge >= 0.3 is 0 Å². The van der Waals surface area contributed by atoms with E-state index in [4.69, 9.17) is 10.00 Å². The van der Waals surface area contributed by atoms with Crippen LogP contribution in [0.2, 0.25) is 0 Å². The molecule has 1 amide bonds. The van der Waals surface area contributed by atoms with Crippen LogP contribution >= 0.6 is 0 Å². The molecule has 2 saturated heterocycles. The molecule has 0 bridgehead atoms. The Bertz CT molecular complexity index is 665. The largest absolute Gasteiger partial charge is 0.375 e. The highest BCUT2D eigenvalue weighted by atomic mass is 19.1. The van der Waals surface area contributed by atoms with E-state index in [1.165, 1.54) is 6.07 Å². The SMILES string of the molecule is C[C@H]1CC[C@@H](CCC(=O)N2CCN(c3cccc(F)c3C#N)CC2)O1. The van der Waals surface area contributed by atoms with Gasteiger partial charge in [0.05, 0.1) is 17.9 Å². The summed E-state index contributed by atoms with van der Waals surface area (Å²) in [5, 5.41) is 9.17. The summed E-state index contributed by atoms with van der Waals surface area (Å²) in [6, 6.07) is 6.62. The zero-order chi connectivity index (χ0) is 17.8. The summed E-state index contributed by atoms with van der Waals surface area (Å²) in [5.74, 6) is -0.341. The van der Waals surface area contributed by atoms with Crippen molar-refractivity contribution in [3.8, 4) is 6.07 Å². The zero-order valence-electron chi connectivity index (χ0n) is 14.6. The molecule has 0 aliphatic carbocycles. The third kappa shape index (κ3) is 4.10. The number of amides is 1. The number of hydrogen-bond acceptors (Lipinski definition) is 4. The van der Waals surface area contributed by atoms with Crippen molar-refractivity contribution in [3.05, 3.63) is 29.6 Å². The van der Waals surface area contributed by atoms with Gasteiger partial charge in [0.2, 0.25) is 5.91 Å². The van der Waals surface area contributed by atoms with Crippen LogP contribution in [-0.2, 0) is 9.53 Å². The first-order valence-electron chi connectivity index (χ1n) is 8.95. The van der Waals surface area contributed by atoms with Gasteiger partial charge in [-0.2, -0.15) is 5.26 Å². The van der Waals surface area contributed by atoms with Crippen LogP contribution in [0.3, 0.4) is 0 Å². The number of piperazine rings is 1. The van der Waals surface area contributed by atoms with Crippen molar-refractivity contribution < 1.29 is 13.9 Å². The highest BCUT2D eigenvalue weighted by Gasteiger charge is 2.26. The molecule has 5 nitrogen and oxygen atoms in total. The predicted octanol–water partition coefficient (Wildman–Crippen LogP) is 2.69. The van der Waals surface area contributed by atoms with Gasteiger partial charge in [-0.05, 0) is 38.3 Å². The van der Waals surface area contributed by atoms with Gasteiger partial charge in [-0.25, -0.2) is 4.39 Å². The molecular formula is C19H24FN3O2. The van der Waals surface area contributed by atoms with Crippen molar-refractivity contribution in [3.63, 3.8) is 0 Å². The first-order valence-corrected chi connectivity index (χ1v) is 8.95. The summed E-state index contributed by atoms with van der Waals surface area (Å²) in [6.45, 7) is 4.49. The fraction of sp³-hybridized carbons (Fsp3) is 0.579. The summed E-state index contributed by atoms with van der Waals surface area (Å²) in [7, 11) is 0. The van der Waals surface area contributed by atoms with E-state index < -0.39 is 5.82 Å². The van der Waals surface area contributed by atoms with E-state index in [-0.39, 0.29) is 17.6 Å². The van der Waals surface area contributed by atoms with Crippen LogP contribution < -0.4 is 4.90 Å². The fourth-order valence-corrected chi connectivity index (χ4v) is 3.62. The van der Waals surface area contributed by atoms with Crippen molar-refractivity contribution in [1.29, 1.82) is 5.26 Å². The molecule has 0 unspecified atom stereocenters. The number of nitrogens with zero attached hydrogens (tertiary/aromatic N) is 3. The average Bonchev–Trinajstić information content (AvgIpc) is 3.05. The van der Waals surface area contributed by atoms with E-state index in [0.29, 0.717) is 44.4 Å². The molecule has 6 heteroatoms. The minimum absolute atomic E-state index is 0.0785. The van der Waals surface area contributed by atoms with E-state index in [2.05, 4.69) is 6.92 Å². The first kappa shape index (κ1) is 17.7. The number of nitriles is 1. The fourth-order valence-electron chi connectivity index (χ4n) is 3.62. The maximum absolute atomic E-state index is 13.8. The van der Waals surface area contributed by atoms with Crippen molar-refractivity contribution >= 4 is 11.6 Å². The number of rotatable bonds is 4. The number of ether oxygens (including phenoxy) is 1. The van der Waals surface area contributed by atoms with Gasteiger partial charge in [0, 0.05) is 32.6 Å². The number of anilines is 1. The molecule has 0 spiro atoms. The number of halogens is 1. The molecule has 2 atom stereocenters. The Morgan fingerprint density at radius 2 is 2.08 bits per heavy atom. The van der Waals surface area contributed by atoms with Crippen molar-refractivity contribution in [2.75, 3.05) is 31.1 Å². The topological polar surface area (TPSA) is 56.6 Å². The Labute approximate surface area is 148 Å². The Hall–Kier alpha value is -2.13. The number of carbonyl (C=O) groups is 1. The highest BCUT2D eigenvalue weighted by Crippen LogP contribution is 2.25. The zero-order valence-corrected chi connectivity index (χ0v) is 14.6. The lowest BCUT2D eigenvalue weighted by atomic mass is 10.1. The van der Waals surface area contributed by atoms with Gasteiger partial charge in [0.1, 0.15) is 17.4 Å². The van der Waals surface area contributed by atoms with Crippen molar-refractivity contribution in [1.82, 2.24) is 4.90 Å². The van der Waals surface area contributed by atoms with Crippen LogP contribution in [0.1, 0.15) is 38.2 Å². The lowest BCUT2D eigenvalue weighted by Gasteiger charge is -2.36. The molecule has 25 heavy (non-hydrogen) atoms. The number of carbonyl (C=O) groups excluding carboxylic acids is 1. The summed E-state index contributed by atoms with van der Waals surface area (Å²) in [4.78, 5) is 16.2. The van der Waals surface area contributed by atoms with E-state index in [0.717, 1.165) is 19.3 Å². The molecule has 3 rings (SSSR count). The molecule has 134 valence electrons. The summed E-state index contributed by atoms with van der Waals surface area (Å²) in [5.41, 5.74) is 0.692. The van der Waals surface area contributed by atoms with Crippen LogP contribution in [0.15, 0.2) is 18.2 Å². The van der Waals surface area contributed by atoms with Gasteiger partial charge in [0.15, 0.2) is 0 Å². The third-order valence-corrected chi connectivity index (χ3v) is 5.08. The lowest BCUT2D eigenvalue weighted by Crippen LogP contribution is -2.49. The van der Waals surface area contributed by atoms with E-state index in [9.17, 15) is 9.18 Å². The van der Waals surface area contributed by atoms with Gasteiger partial charge < -0.3 is 14.5 Å². The standard InChI is InChI=1S/C19H24FN3O2/c1-14-5-6-15(25-14)7-8-19(24)23-11-9-22(10-12-23)18-4-2-3-17(20)16(18)13-21/h2-4,14-15H,5-12H2,1H3/t14-,15-/m0/s1. The predicted molar refractivity (Wildman–Crippen MR) is 92.7 cm³/mol. The monoisotopic (exact) mass is 345 g/mol. The molecule has 1 aromatic carbocycles. The second-order valence-electron chi connectivity index (χ2n) is 6.80. The molecule has 2 aliphatic rings. The lowest BCUT2D eigenvalue weighted by molar-refractivity contribution is -0.132. The van der Waals surface area contributed by atoms with Crippen LogP contribution in [0.25, 0.3) is 0 Å². The normalized spacial score (nSPS) is 23.6. The molecule has 0 aromatic heterocycles. The van der Waals surface area contributed by atoms with E-state index in [1.54, 1.807) is 12.1 Å². The molecule has 1 aromatic rings. The third-order valence-electron chi connectivity index (χ3n) is 5.08. The minimum atomic E-state index is -0.496. The minimum Gasteiger partial charge on any atom is -0.375 e. The van der Waals surface area contributed by atoms with E-state index >= 15 is 0 Å². The molecule has 2 heterocycles.